The lowest BCUT2D eigenvalue weighted by atomic mass is 9.68. The molecule has 1 aromatic carbocycles. The fourth-order valence-corrected chi connectivity index (χ4v) is 3.53. The van der Waals surface area contributed by atoms with Gasteiger partial charge in [0.25, 0.3) is 0 Å². The van der Waals surface area contributed by atoms with Gasteiger partial charge in [-0.15, -0.1) is 0 Å². The number of aryl methyl sites for hydroxylation is 1. The highest BCUT2D eigenvalue weighted by Gasteiger charge is 2.40. The summed E-state index contributed by atoms with van der Waals surface area (Å²) in [5, 5.41) is 21.6. The fourth-order valence-electron chi connectivity index (χ4n) is 3.20. The van der Waals surface area contributed by atoms with Crippen LogP contribution in [0.25, 0.3) is 0 Å². The maximum absolute atomic E-state index is 11.6. The number of rotatable bonds is 1. The van der Waals surface area contributed by atoms with Gasteiger partial charge in [-0.3, -0.25) is 10.2 Å². The van der Waals surface area contributed by atoms with E-state index in [4.69, 9.17) is 5.41 Å². The molecule has 1 amide bonds. The highest BCUT2D eigenvalue weighted by molar-refractivity contribution is 8.13. The van der Waals surface area contributed by atoms with Gasteiger partial charge in [0.1, 0.15) is 0 Å². The summed E-state index contributed by atoms with van der Waals surface area (Å²) in [5.74, 6) is -0.0413. The van der Waals surface area contributed by atoms with E-state index in [0.717, 1.165) is 29.7 Å². The number of anilines is 1. The quantitative estimate of drug-likeness (QED) is 0.359. The van der Waals surface area contributed by atoms with E-state index in [1.54, 1.807) is 6.26 Å². The normalized spacial score (nSPS) is 22.1. The zero-order valence-corrected chi connectivity index (χ0v) is 13.8. The van der Waals surface area contributed by atoms with E-state index in [-0.39, 0.29) is 16.5 Å². The minimum absolute atomic E-state index is 0.0413. The number of nitrogens with one attached hydrogen (secondary N) is 2. The van der Waals surface area contributed by atoms with Gasteiger partial charge in [0.15, 0.2) is 11.4 Å². The Morgan fingerprint density at radius 3 is 3.04 bits per heavy atom. The molecule has 0 spiro atoms. The number of thioether (sulfide) groups is 1. The lowest BCUT2D eigenvalue weighted by molar-refractivity contribution is -0.123. The minimum Gasteiger partial charge on any atom is -0.278 e. The van der Waals surface area contributed by atoms with Crippen LogP contribution in [0.3, 0.4) is 0 Å². The molecule has 6 nitrogen and oxygen atoms in total. The van der Waals surface area contributed by atoms with Crippen LogP contribution >= 0.6 is 11.8 Å². The number of hydrogen-bond donors (Lipinski definition) is 2. The summed E-state index contributed by atoms with van der Waals surface area (Å²) in [6, 6.07) is 5.72. The van der Waals surface area contributed by atoms with Crippen molar-refractivity contribution in [3.8, 4) is 6.19 Å². The maximum Gasteiger partial charge on any atom is 0.241 e. The molecule has 118 valence electrons. The van der Waals surface area contributed by atoms with Crippen LogP contribution in [-0.4, -0.2) is 23.0 Å². The summed E-state index contributed by atoms with van der Waals surface area (Å²) >= 11 is 1.22. The lowest BCUT2D eigenvalue weighted by Gasteiger charge is -2.38. The summed E-state index contributed by atoms with van der Waals surface area (Å²) < 4.78 is 0. The smallest absolute Gasteiger partial charge is 0.241 e. The third-order valence-corrected chi connectivity index (χ3v) is 5.03. The van der Waals surface area contributed by atoms with Gasteiger partial charge in [-0.1, -0.05) is 24.8 Å². The average Bonchev–Trinajstić information content (AvgIpc) is 2.54. The highest BCUT2D eigenvalue weighted by atomic mass is 32.2. The second-order valence-electron chi connectivity index (χ2n) is 6.02. The van der Waals surface area contributed by atoms with Crippen LogP contribution in [0.1, 0.15) is 30.9 Å². The zero-order chi connectivity index (χ0) is 16.6. The third-order valence-electron chi connectivity index (χ3n) is 4.46. The van der Waals surface area contributed by atoms with Crippen molar-refractivity contribution in [3.05, 3.63) is 29.3 Å². The molecule has 2 N–H and O–H groups in total. The Balaban J connectivity index is 2.02. The van der Waals surface area contributed by atoms with Gasteiger partial charge in [-0.25, -0.2) is 10.3 Å². The molecule has 2 aliphatic rings. The molecule has 0 saturated heterocycles. The number of amidine groups is 1. The molecule has 0 aromatic heterocycles. The standard InChI is InChI=1S/C16H17N5OS/c1-16-6-5-10-7-11(21(9-17)15(18)23-2)3-4-12(10)14(16)20-19-13(22)8-16/h3-4,7,18H,5-6,8H2,1-2H3,(H,19,22). The van der Waals surface area contributed by atoms with Crippen LogP contribution < -0.4 is 10.3 Å². The zero-order valence-electron chi connectivity index (χ0n) is 13.0. The molecule has 0 saturated carbocycles. The summed E-state index contributed by atoms with van der Waals surface area (Å²) in [6.45, 7) is 2.08. The molecule has 23 heavy (non-hydrogen) atoms. The van der Waals surface area contributed by atoms with Crippen molar-refractivity contribution in [2.45, 2.75) is 26.2 Å². The van der Waals surface area contributed by atoms with Crippen molar-refractivity contribution in [2.75, 3.05) is 11.2 Å². The minimum atomic E-state index is -0.224. The highest BCUT2D eigenvalue weighted by Crippen LogP contribution is 2.41. The largest absolute Gasteiger partial charge is 0.278 e. The first-order valence-electron chi connectivity index (χ1n) is 7.31. The van der Waals surface area contributed by atoms with Crippen LogP contribution in [0.15, 0.2) is 23.3 Å². The van der Waals surface area contributed by atoms with Gasteiger partial charge in [-0.2, -0.15) is 10.4 Å². The Morgan fingerprint density at radius 2 is 2.35 bits per heavy atom. The number of nitrogens with zero attached hydrogens (tertiary/aromatic N) is 3. The Bertz CT molecular complexity index is 766. The van der Waals surface area contributed by atoms with E-state index >= 15 is 0 Å². The summed E-state index contributed by atoms with van der Waals surface area (Å²) in [4.78, 5) is 12.9. The molecule has 0 fully saturated rings. The molecular weight excluding hydrogens is 310 g/mol. The van der Waals surface area contributed by atoms with Crippen molar-refractivity contribution < 1.29 is 4.79 Å². The van der Waals surface area contributed by atoms with Crippen molar-refractivity contribution in [1.29, 1.82) is 10.7 Å². The predicted octanol–water partition coefficient (Wildman–Crippen LogP) is 2.45. The van der Waals surface area contributed by atoms with E-state index in [0.29, 0.717) is 12.1 Å². The van der Waals surface area contributed by atoms with Crippen molar-refractivity contribution in [3.63, 3.8) is 0 Å². The predicted molar refractivity (Wildman–Crippen MR) is 91.5 cm³/mol. The van der Waals surface area contributed by atoms with Crippen molar-refractivity contribution in [2.24, 2.45) is 10.5 Å². The topological polar surface area (TPSA) is 92.3 Å². The first-order chi connectivity index (χ1) is 11.0. The van der Waals surface area contributed by atoms with E-state index in [2.05, 4.69) is 17.5 Å². The Hall–Kier alpha value is -2.33. The Morgan fingerprint density at radius 1 is 1.57 bits per heavy atom. The van der Waals surface area contributed by atoms with Gasteiger partial charge < -0.3 is 0 Å². The number of amides is 1. The summed E-state index contributed by atoms with van der Waals surface area (Å²) in [5.41, 5.74) is 6.07. The molecule has 1 aliphatic carbocycles. The van der Waals surface area contributed by atoms with Crippen LogP contribution in [0.2, 0.25) is 0 Å². The van der Waals surface area contributed by atoms with Gasteiger partial charge in [0, 0.05) is 17.4 Å². The summed E-state index contributed by atoms with van der Waals surface area (Å²) in [6.07, 6.45) is 5.95. The second-order valence-corrected chi connectivity index (χ2v) is 6.81. The summed E-state index contributed by atoms with van der Waals surface area (Å²) in [7, 11) is 0. The number of fused-ring (bicyclic) bond motifs is 3. The van der Waals surface area contributed by atoms with E-state index in [9.17, 15) is 10.1 Å². The van der Waals surface area contributed by atoms with Crippen molar-refractivity contribution in [1.82, 2.24) is 5.43 Å². The molecule has 1 unspecified atom stereocenters. The van der Waals surface area contributed by atoms with E-state index < -0.39 is 0 Å². The molecule has 1 aliphatic heterocycles. The van der Waals surface area contributed by atoms with Crippen LogP contribution in [0, 0.1) is 22.3 Å². The first kappa shape index (κ1) is 15.6. The number of hydrogen-bond acceptors (Lipinski definition) is 5. The van der Waals surface area contributed by atoms with Gasteiger partial charge in [0.05, 0.1) is 11.4 Å². The first-order valence-corrected chi connectivity index (χ1v) is 8.54. The lowest BCUT2D eigenvalue weighted by Crippen LogP contribution is -2.43. The monoisotopic (exact) mass is 327 g/mol. The number of benzene rings is 1. The Kier molecular flexibility index (Phi) is 3.86. The number of carbonyl (C=O) groups excluding carboxylic acids is 1. The van der Waals surface area contributed by atoms with Gasteiger partial charge in [0.2, 0.25) is 5.91 Å². The molecule has 0 radical (unpaired) electrons. The van der Waals surface area contributed by atoms with Crippen LogP contribution in [-0.2, 0) is 11.2 Å². The molecule has 1 aromatic rings. The van der Waals surface area contributed by atoms with Crippen molar-refractivity contribution >= 4 is 34.2 Å². The van der Waals surface area contributed by atoms with Crippen LogP contribution in [0.4, 0.5) is 5.69 Å². The maximum atomic E-state index is 11.6. The second kappa shape index (κ2) is 5.70. The molecule has 7 heteroatoms. The molecule has 3 rings (SSSR count). The number of carbonyl (C=O) groups is 1. The number of hydrazone groups is 1. The molecule has 0 bridgehead atoms. The van der Waals surface area contributed by atoms with Gasteiger partial charge in [-0.05, 0) is 36.8 Å². The van der Waals surface area contributed by atoms with Gasteiger partial charge >= 0.3 is 0 Å². The Labute approximate surface area is 139 Å². The number of nitriles is 1. The van der Waals surface area contributed by atoms with E-state index in [1.165, 1.54) is 16.7 Å². The van der Waals surface area contributed by atoms with Crippen LogP contribution in [0.5, 0.6) is 0 Å². The molecule has 1 atom stereocenters. The molecular formula is C16H17N5OS. The average molecular weight is 327 g/mol. The third kappa shape index (κ3) is 2.59. The van der Waals surface area contributed by atoms with E-state index in [1.807, 2.05) is 24.4 Å². The SMILES string of the molecule is CSC(=N)N(C#N)c1ccc2c(c1)CCC1(C)CC(=O)NN=C21. The fraction of sp³-hybridized carbons (Fsp3) is 0.375. The molecule has 1 heterocycles.